The van der Waals surface area contributed by atoms with Gasteiger partial charge in [-0.2, -0.15) is 4.80 Å². The molecule has 3 rings (SSSR count). The minimum atomic E-state index is -0.575. The smallest absolute Gasteiger partial charge is 0.221 e. The number of hydrogen-bond donors (Lipinski definition) is 0. The number of carbonyl (C=O) groups excluding carboxylic acids is 1. The summed E-state index contributed by atoms with van der Waals surface area (Å²) in [6, 6.07) is 3.97. The summed E-state index contributed by atoms with van der Waals surface area (Å²) in [4.78, 5) is 13.2. The number of ketones is 1. The first-order valence-corrected chi connectivity index (χ1v) is 6.72. The minimum Gasteiger partial charge on any atom is -0.453 e. The summed E-state index contributed by atoms with van der Waals surface area (Å²) in [5.74, 6) is -0.453. The summed E-state index contributed by atoms with van der Waals surface area (Å²) >= 11 is 11.2. The molecule has 0 amide bonds. The molecule has 2 heterocycles. The number of alkyl halides is 1. The van der Waals surface area contributed by atoms with Crippen LogP contribution in [0.15, 0.2) is 22.6 Å². The van der Waals surface area contributed by atoms with Gasteiger partial charge in [-0.3, -0.25) is 4.79 Å². The lowest BCUT2D eigenvalue weighted by molar-refractivity contribution is 0.0936. The number of furan rings is 1. The fraction of sp³-hybridized carbons (Fsp3) is 0.167. The van der Waals surface area contributed by atoms with E-state index in [4.69, 9.17) is 27.6 Å². The summed E-state index contributed by atoms with van der Waals surface area (Å²) in [5.41, 5.74) is 0.331. The third-order valence-electron chi connectivity index (χ3n) is 2.73. The number of rotatable bonds is 4. The van der Waals surface area contributed by atoms with Crippen molar-refractivity contribution in [1.82, 2.24) is 20.2 Å². The molecule has 1 aromatic carbocycles. The van der Waals surface area contributed by atoms with Crippen molar-refractivity contribution in [1.29, 1.82) is 0 Å². The van der Waals surface area contributed by atoms with Crippen LogP contribution in [-0.4, -0.2) is 26.0 Å². The molecule has 0 aliphatic rings. The first kappa shape index (κ1) is 14.0. The van der Waals surface area contributed by atoms with Gasteiger partial charge in [0.2, 0.25) is 5.78 Å². The molecular weight excluding hydrogens is 322 g/mol. The Morgan fingerprint density at radius 1 is 1.38 bits per heavy atom. The van der Waals surface area contributed by atoms with Crippen molar-refractivity contribution in [3.63, 3.8) is 0 Å². The Kier molecular flexibility index (Phi) is 3.60. The van der Waals surface area contributed by atoms with Crippen LogP contribution < -0.4 is 0 Å². The average molecular weight is 329 g/mol. The summed E-state index contributed by atoms with van der Waals surface area (Å²) in [5, 5.41) is 11.6. The quantitative estimate of drug-likeness (QED) is 0.543. The fourth-order valence-electron chi connectivity index (χ4n) is 1.78. The molecule has 9 heteroatoms. The van der Waals surface area contributed by atoms with E-state index in [0.717, 1.165) is 4.80 Å². The second kappa shape index (κ2) is 5.42. The molecule has 0 aliphatic heterocycles. The predicted molar refractivity (Wildman–Crippen MR) is 72.9 cm³/mol. The molecule has 0 atom stereocenters. The predicted octanol–water partition coefficient (Wildman–Crippen LogP) is 2.83. The third kappa shape index (κ3) is 2.74. The lowest BCUT2D eigenvalue weighted by Gasteiger charge is -1.95. The highest BCUT2D eigenvalue weighted by Crippen LogP contribution is 2.26. The van der Waals surface area contributed by atoms with E-state index in [9.17, 15) is 9.18 Å². The Bertz CT molecular complexity index is 791. The summed E-state index contributed by atoms with van der Waals surface area (Å²) in [7, 11) is 0. The molecule has 3 aromatic rings. The normalized spacial score (nSPS) is 11.2. The van der Waals surface area contributed by atoms with E-state index in [-0.39, 0.29) is 29.0 Å². The molecule has 0 aliphatic carbocycles. The maximum atomic E-state index is 13.3. The molecule has 6 nitrogen and oxygen atoms in total. The van der Waals surface area contributed by atoms with E-state index in [2.05, 4.69) is 15.4 Å². The topological polar surface area (TPSA) is 73.8 Å². The number of carbonyl (C=O) groups is 1. The van der Waals surface area contributed by atoms with E-state index in [0.29, 0.717) is 16.8 Å². The van der Waals surface area contributed by atoms with Gasteiger partial charge in [0.25, 0.3) is 0 Å². The zero-order valence-corrected chi connectivity index (χ0v) is 11.9. The van der Waals surface area contributed by atoms with Crippen molar-refractivity contribution >= 4 is 40.0 Å². The second-order valence-corrected chi connectivity index (χ2v) is 4.88. The highest BCUT2D eigenvalue weighted by atomic mass is 35.5. The molecule has 0 radical (unpaired) electrons. The van der Waals surface area contributed by atoms with Gasteiger partial charge >= 0.3 is 0 Å². The minimum absolute atomic E-state index is 0.0661. The Morgan fingerprint density at radius 3 is 2.90 bits per heavy atom. The van der Waals surface area contributed by atoms with Crippen molar-refractivity contribution in [2.45, 2.75) is 12.4 Å². The van der Waals surface area contributed by atoms with Gasteiger partial charge in [0.1, 0.15) is 17.9 Å². The van der Waals surface area contributed by atoms with Crippen molar-refractivity contribution in [2.24, 2.45) is 0 Å². The highest BCUT2D eigenvalue weighted by Gasteiger charge is 2.16. The van der Waals surface area contributed by atoms with Gasteiger partial charge in [-0.05, 0) is 17.3 Å². The van der Waals surface area contributed by atoms with Crippen LogP contribution in [0.2, 0.25) is 5.02 Å². The summed E-state index contributed by atoms with van der Waals surface area (Å²) in [6.45, 7) is -0.153. The Morgan fingerprint density at radius 2 is 2.19 bits per heavy atom. The number of Topliss-reactive ketones (excluding diaryl/α,β-unsaturated/α-hetero) is 1. The van der Waals surface area contributed by atoms with Gasteiger partial charge in [0, 0.05) is 11.5 Å². The zero-order chi connectivity index (χ0) is 15.0. The average Bonchev–Trinajstić information content (AvgIpc) is 3.06. The maximum Gasteiger partial charge on any atom is 0.221 e. The largest absolute Gasteiger partial charge is 0.453 e. The number of benzene rings is 1. The Hall–Kier alpha value is -1.99. The van der Waals surface area contributed by atoms with Crippen molar-refractivity contribution in [2.75, 3.05) is 0 Å². The number of nitrogens with zero attached hydrogens (tertiary/aromatic N) is 4. The van der Waals surface area contributed by atoms with E-state index >= 15 is 0 Å². The van der Waals surface area contributed by atoms with Crippen molar-refractivity contribution in [3.8, 4) is 0 Å². The highest BCUT2D eigenvalue weighted by molar-refractivity contribution is 6.31. The molecule has 0 unspecified atom stereocenters. The monoisotopic (exact) mass is 328 g/mol. The van der Waals surface area contributed by atoms with E-state index in [1.807, 2.05) is 0 Å². The SMILES string of the molecule is O=C(Cn1nnc(CCl)n1)c1cc2cc(F)c(Cl)cc2o1. The molecular formula is C12H7Cl2FN4O2. The molecule has 0 fully saturated rings. The number of fused-ring (bicyclic) bond motifs is 1. The van der Waals surface area contributed by atoms with Crippen LogP contribution in [-0.2, 0) is 12.4 Å². The molecule has 21 heavy (non-hydrogen) atoms. The van der Waals surface area contributed by atoms with E-state index in [1.165, 1.54) is 18.2 Å². The molecule has 0 bridgehead atoms. The van der Waals surface area contributed by atoms with Gasteiger partial charge in [-0.15, -0.1) is 21.8 Å². The number of hydrogen-bond acceptors (Lipinski definition) is 5. The molecule has 2 aromatic heterocycles. The van der Waals surface area contributed by atoms with Gasteiger partial charge in [0.05, 0.1) is 10.9 Å². The molecule has 0 saturated heterocycles. The summed E-state index contributed by atoms with van der Waals surface area (Å²) < 4.78 is 18.7. The van der Waals surface area contributed by atoms with E-state index < -0.39 is 5.82 Å². The number of halogens is 3. The molecule has 0 N–H and O–H groups in total. The van der Waals surface area contributed by atoms with Crippen LogP contribution in [0.1, 0.15) is 16.4 Å². The van der Waals surface area contributed by atoms with Crippen LogP contribution >= 0.6 is 23.2 Å². The lowest BCUT2D eigenvalue weighted by Crippen LogP contribution is -2.12. The van der Waals surface area contributed by atoms with Gasteiger partial charge in [0.15, 0.2) is 11.6 Å². The Balaban J connectivity index is 1.87. The second-order valence-electron chi connectivity index (χ2n) is 4.21. The first-order valence-electron chi connectivity index (χ1n) is 5.81. The maximum absolute atomic E-state index is 13.3. The fourth-order valence-corrected chi connectivity index (χ4v) is 2.04. The van der Waals surface area contributed by atoms with Crippen LogP contribution in [0.5, 0.6) is 0 Å². The zero-order valence-electron chi connectivity index (χ0n) is 10.4. The van der Waals surface area contributed by atoms with Crippen molar-refractivity contribution < 1.29 is 13.6 Å². The van der Waals surface area contributed by atoms with Gasteiger partial charge < -0.3 is 4.42 Å². The molecule has 0 saturated carbocycles. The number of aromatic nitrogens is 4. The summed E-state index contributed by atoms with van der Waals surface area (Å²) in [6.07, 6.45) is 0. The van der Waals surface area contributed by atoms with Crippen LogP contribution in [0, 0.1) is 5.82 Å². The lowest BCUT2D eigenvalue weighted by atomic mass is 10.2. The standard InChI is InChI=1S/C12H7Cl2FN4O2/c13-4-12-16-18-19(17-12)5-9(20)11-2-6-1-8(15)7(14)3-10(6)21-11/h1-3H,4-5H2. The number of tetrazole rings is 1. The molecule has 108 valence electrons. The van der Waals surface area contributed by atoms with Crippen LogP contribution in [0.3, 0.4) is 0 Å². The first-order chi connectivity index (χ1) is 10.1. The third-order valence-corrected chi connectivity index (χ3v) is 3.26. The molecule has 0 spiro atoms. The van der Waals surface area contributed by atoms with Crippen molar-refractivity contribution in [3.05, 3.63) is 40.6 Å². The Labute approximate surface area is 127 Å². The van der Waals surface area contributed by atoms with Gasteiger partial charge in [-0.25, -0.2) is 4.39 Å². The van der Waals surface area contributed by atoms with Crippen LogP contribution in [0.25, 0.3) is 11.0 Å². The van der Waals surface area contributed by atoms with Crippen LogP contribution in [0.4, 0.5) is 4.39 Å². The van der Waals surface area contributed by atoms with Gasteiger partial charge in [-0.1, -0.05) is 11.6 Å². The van der Waals surface area contributed by atoms with E-state index in [1.54, 1.807) is 0 Å².